The second-order valence-corrected chi connectivity index (χ2v) is 6.96. The number of nitrogens with zero attached hydrogens (tertiary/aromatic N) is 3. The van der Waals surface area contributed by atoms with E-state index in [1.165, 1.54) is 57.7 Å². The molecule has 0 amide bonds. The van der Waals surface area contributed by atoms with Gasteiger partial charge in [-0.15, -0.1) is 0 Å². The Balaban J connectivity index is 0.000000258. The molecule has 32 heavy (non-hydrogen) atoms. The second-order valence-electron chi connectivity index (χ2n) is 6.96. The molecule has 1 fully saturated rings. The summed E-state index contributed by atoms with van der Waals surface area (Å²) in [4.78, 5) is 22.3. The van der Waals surface area contributed by atoms with Crippen molar-refractivity contribution in [2.45, 2.75) is 19.3 Å². The first-order valence-electron chi connectivity index (χ1n) is 10.0. The molecular formula is C21H27N3O8. The molecule has 0 saturated carbocycles. The zero-order valence-corrected chi connectivity index (χ0v) is 18.1. The van der Waals surface area contributed by atoms with Gasteiger partial charge >= 0.3 is 0 Å². The third-order valence-electron chi connectivity index (χ3n) is 4.85. The van der Waals surface area contributed by atoms with Crippen molar-refractivity contribution in [2.24, 2.45) is 0 Å². The highest BCUT2D eigenvalue weighted by atomic mass is 16.6. The van der Waals surface area contributed by atoms with Crippen LogP contribution in [0.2, 0.25) is 0 Å². The van der Waals surface area contributed by atoms with E-state index in [-0.39, 0.29) is 22.9 Å². The number of likely N-dealkylation sites (tertiary alicyclic amines) is 1. The standard InChI is InChI=1S/C14H20N2O4.C7H7NO4/c1-19-13-6-5-12(16(17)18)11-14(13)20-10-9-15-7-3-2-4-8-15;1-12-7-3-2-5(8(10)11)4-6(7)9/h5-6,11H,2-4,7-10H2,1H3;2-4,9H,1H3. The second kappa shape index (κ2) is 12.3. The van der Waals surface area contributed by atoms with Gasteiger partial charge in [-0.25, -0.2) is 0 Å². The number of benzene rings is 2. The lowest BCUT2D eigenvalue weighted by Gasteiger charge is -2.26. The highest BCUT2D eigenvalue weighted by molar-refractivity contribution is 5.48. The number of nitro benzene ring substituents is 2. The van der Waals surface area contributed by atoms with Crippen LogP contribution in [0.1, 0.15) is 19.3 Å². The number of ether oxygens (including phenoxy) is 3. The Bertz CT molecular complexity index is 916. The molecule has 0 aliphatic carbocycles. The maximum Gasteiger partial charge on any atom is 0.273 e. The van der Waals surface area contributed by atoms with Crippen LogP contribution in [0.5, 0.6) is 23.0 Å². The van der Waals surface area contributed by atoms with Crippen molar-refractivity contribution in [3.63, 3.8) is 0 Å². The summed E-state index contributed by atoms with van der Waals surface area (Å²) in [6, 6.07) is 8.03. The van der Waals surface area contributed by atoms with Crippen LogP contribution in [-0.4, -0.2) is 60.3 Å². The molecule has 1 heterocycles. The number of phenols is 1. The molecule has 2 aromatic rings. The van der Waals surface area contributed by atoms with E-state index in [0.29, 0.717) is 18.1 Å². The lowest BCUT2D eigenvalue weighted by molar-refractivity contribution is -0.385. The molecule has 11 nitrogen and oxygen atoms in total. The van der Waals surface area contributed by atoms with Crippen molar-refractivity contribution in [1.29, 1.82) is 0 Å². The third kappa shape index (κ3) is 7.27. The van der Waals surface area contributed by atoms with Crippen molar-refractivity contribution in [3.05, 3.63) is 56.6 Å². The lowest BCUT2D eigenvalue weighted by atomic mass is 10.1. The summed E-state index contributed by atoms with van der Waals surface area (Å²) in [5, 5.41) is 30.1. The summed E-state index contributed by atoms with van der Waals surface area (Å²) >= 11 is 0. The fourth-order valence-electron chi connectivity index (χ4n) is 3.15. The van der Waals surface area contributed by atoms with Gasteiger partial charge in [0.15, 0.2) is 23.0 Å². The van der Waals surface area contributed by atoms with Gasteiger partial charge in [0, 0.05) is 18.7 Å². The number of hydrogen-bond donors (Lipinski definition) is 1. The molecule has 0 atom stereocenters. The van der Waals surface area contributed by atoms with Gasteiger partial charge in [-0.1, -0.05) is 6.42 Å². The van der Waals surface area contributed by atoms with E-state index in [0.717, 1.165) is 25.7 Å². The Morgan fingerprint density at radius 3 is 1.97 bits per heavy atom. The molecule has 1 N–H and O–H groups in total. The van der Waals surface area contributed by atoms with Crippen LogP contribution in [0.25, 0.3) is 0 Å². The molecule has 3 rings (SSSR count). The lowest BCUT2D eigenvalue weighted by Crippen LogP contribution is -2.33. The van der Waals surface area contributed by atoms with E-state index in [9.17, 15) is 20.2 Å². The smallest absolute Gasteiger partial charge is 0.273 e. The first kappa shape index (κ1) is 24.7. The quantitative estimate of drug-likeness (QED) is 0.471. The van der Waals surface area contributed by atoms with E-state index in [2.05, 4.69) is 4.90 Å². The zero-order chi connectivity index (χ0) is 23.5. The molecule has 11 heteroatoms. The minimum absolute atomic E-state index is 0.0128. The molecule has 0 aromatic heterocycles. The minimum atomic E-state index is -0.584. The topological polar surface area (TPSA) is 137 Å². The summed E-state index contributed by atoms with van der Waals surface area (Å²) in [5.74, 6) is 0.945. The van der Waals surface area contributed by atoms with E-state index >= 15 is 0 Å². The van der Waals surface area contributed by atoms with Crippen LogP contribution in [0.4, 0.5) is 11.4 Å². The summed E-state index contributed by atoms with van der Waals surface area (Å²) in [7, 11) is 2.90. The normalized spacial score (nSPS) is 13.4. The van der Waals surface area contributed by atoms with Crippen LogP contribution in [0.3, 0.4) is 0 Å². The summed E-state index contributed by atoms with van der Waals surface area (Å²) in [6.45, 7) is 3.56. The summed E-state index contributed by atoms with van der Waals surface area (Å²) < 4.78 is 15.5. The molecule has 0 radical (unpaired) electrons. The number of phenolic OH excluding ortho intramolecular Hbond substituents is 1. The number of nitro groups is 2. The molecular weight excluding hydrogens is 422 g/mol. The molecule has 0 spiro atoms. The minimum Gasteiger partial charge on any atom is -0.504 e. The number of non-ortho nitro benzene ring substituents is 2. The number of rotatable bonds is 8. The fourth-order valence-corrected chi connectivity index (χ4v) is 3.15. The van der Waals surface area contributed by atoms with E-state index in [1.54, 1.807) is 6.07 Å². The average Bonchev–Trinajstić information content (AvgIpc) is 2.80. The van der Waals surface area contributed by atoms with Gasteiger partial charge in [-0.05, 0) is 38.1 Å². The van der Waals surface area contributed by atoms with Gasteiger partial charge in [-0.2, -0.15) is 0 Å². The van der Waals surface area contributed by atoms with Crippen molar-refractivity contribution in [3.8, 4) is 23.0 Å². The van der Waals surface area contributed by atoms with Crippen molar-refractivity contribution < 1.29 is 29.2 Å². The van der Waals surface area contributed by atoms with E-state index in [1.807, 2.05) is 0 Å². The molecule has 0 unspecified atom stereocenters. The number of aromatic hydroxyl groups is 1. The Morgan fingerprint density at radius 1 is 0.875 bits per heavy atom. The molecule has 2 aromatic carbocycles. The number of hydrogen-bond acceptors (Lipinski definition) is 9. The van der Waals surface area contributed by atoms with Gasteiger partial charge in [-0.3, -0.25) is 25.1 Å². The predicted molar refractivity (Wildman–Crippen MR) is 117 cm³/mol. The summed E-state index contributed by atoms with van der Waals surface area (Å²) in [6.07, 6.45) is 3.77. The maximum absolute atomic E-state index is 10.8. The number of piperidine rings is 1. The highest BCUT2D eigenvalue weighted by Gasteiger charge is 2.14. The van der Waals surface area contributed by atoms with Gasteiger partial charge in [0.05, 0.1) is 36.2 Å². The van der Waals surface area contributed by atoms with Gasteiger partial charge in [0.1, 0.15) is 6.61 Å². The van der Waals surface area contributed by atoms with Crippen molar-refractivity contribution >= 4 is 11.4 Å². The maximum atomic E-state index is 10.8. The van der Waals surface area contributed by atoms with E-state index < -0.39 is 9.85 Å². The molecule has 174 valence electrons. The first-order chi connectivity index (χ1) is 15.3. The van der Waals surface area contributed by atoms with Gasteiger partial charge < -0.3 is 19.3 Å². The number of methoxy groups -OCH3 is 2. The van der Waals surface area contributed by atoms with Gasteiger partial charge in [0.25, 0.3) is 11.4 Å². The predicted octanol–water partition coefficient (Wildman–Crippen LogP) is 3.78. The monoisotopic (exact) mass is 449 g/mol. The molecule has 1 aliphatic rings. The van der Waals surface area contributed by atoms with Crippen LogP contribution in [-0.2, 0) is 0 Å². The SMILES string of the molecule is COc1ccc([N+](=O)[O-])cc1O.COc1ccc([N+](=O)[O-])cc1OCCN1CCCCC1. The largest absolute Gasteiger partial charge is 0.504 e. The van der Waals surface area contributed by atoms with Gasteiger partial charge in [0.2, 0.25) is 0 Å². The zero-order valence-electron chi connectivity index (χ0n) is 18.1. The summed E-state index contributed by atoms with van der Waals surface area (Å²) in [5.41, 5.74) is -0.146. The Kier molecular flexibility index (Phi) is 9.48. The molecule has 1 aliphatic heterocycles. The van der Waals surface area contributed by atoms with Crippen LogP contribution >= 0.6 is 0 Å². The van der Waals surface area contributed by atoms with Crippen LogP contribution in [0.15, 0.2) is 36.4 Å². The van der Waals surface area contributed by atoms with Crippen molar-refractivity contribution in [1.82, 2.24) is 4.90 Å². The van der Waals surface area contributed by atoms with E-state index in [4.69, 9.17) is 19.3 Å². The van der Waals surface area contributed by atoms with Crippen LogP contribution in [0, 0.1) is 20.2 Å². The van der Waals surface area contributed by atoms with Crippen LogP contribution < -0.4 is 14.2 Å². The Labute approximate surface area is 185 Å². The first-order valence-corrected chi connectivity index (χ1v) is 10.0. The molecule has 1 saturated heterocycles. The Morgan fingerprint density at radius 2 is 1.44 bits per heavy atom. The highest BCUT2D eigenvalue weighted by Crippen LogP contribution is 2.31. The van der Waals surface area contributed by atoms with Crippen molar-refractivity contribution in [2.75, 3.05) is 40.5 Å². The average molecular weight is 449 g/mol. The Hall–Kier alpha value is -3.60. The third-order valence-corrected chi connectivity index (χ3v) is 4.85. The fraction of sp³-hybridized carbons (Fsp3) is 0.429. The molecule has 0 bridgehead atoms.